The van der Waals surface area contributed by atoms with Crippen molar-refractivity contribution < 1.29 is 23.0 Å². The van der Waals surface area contributed by atoms with Crippen LogP contribution in [-0.4, -0.2) is 83.5 Å². The number of fused-ring (bicyclic) bond motifs is 1. The van der Waals surface area contributed by atoms with Gasteiger partial charge in [0.05, 0.1) is 25.0 Å². The first kappa shape index (κ1) is 29.4. The Kier molecular flexibility index (Phi) is 7.92. The van der Waals surface area contributed by atoms with Crippen molar-refractivity contribution in [2.45, 2.75) is 83.0 Å². The third-order valence-corrected chi connectivity index (χ3v) is 9.41. The van der Waals surface area contributed by atoms with Gasteiger partial charge in [0.1, 0.15) is 29.0 Å². The predicted octanol–water partition coefficient (Wildman–Crippen LogP) is 4.54. The Balaban J connectivity index is 1.37. The Morgan fingerprint density at radius 1 is 1.09 bits per heavy atom. The lowest BCUT2D eigenvalue weighted by Gasteiger charge is -2.33. The molecule has 1 saturated carbocycles. The summed E-state index contributed by atoms with van der Waals surface area (Å²) in [5.41, 5.74) is 7.51. The molecule has 1 aliphatic carbocycles. The molecule has 4 aliphatic rings. The van der Waals surface area contributed by atoms with Crippen molar-refractivity contribution in [3.05, 3.63) is 28.8 Å². The monoisotopic (exact) mass is 609 g/mol. The molecule has 0 radical (unpaired) electrons. The average molecular weight is 610 g/mol. The predicted molar refractivity (Wildman–Crippen MR) is 164 cm³/mol. The van der Waals surface area contributed by atoms with Gasteiger partial charge >= 0.3 is 6.01 Å². The highest BCUT2D eigenvalue weighted by atomic mass is 19.1. The number of pyridine rings is 1. The highest BCUT2D eigenvalue weighted by Crippen LogP contribution is 2.49. The second-order valence-corrected chi connectivity index (χ2v) is 12.8. The highest BCUT2D eigenvalue weighted by molar-refractivity contribution is 5.97. The minimum absolute atomic E-state index is 0.0264. The Morgan fingerprint density at radius 3 is 2.75 bits per heavy atom. The van der Waals surface area contributed by atoms with Crippen LogP contribution >= 0.6 is 0 Å². The first-order valence-electron chi connectivity index (χ1n) is 15.9. The second-order valence-electron chi connectivity index (χ2n) is 12.8. The van der Waals surface area contributed by atoms with Crippen LogP contribution in [0.3, 0.4) is 0 Å². The van der Waals surface area contributed by atoms with E-state index in [1.807, 2.05) is 13.8 Å². The largest absolute Gasteiger partial charge is 0.474 e. The van der Waals surface area contributed by atoms with E-state index in [4.69, 9.17) is 24.9 Å². The van der Waals surface area contributed by atoms with Crippen molar-refractivity contribution in [1.82, 2.24) is 25.2 Å². The van der Waals surface area contributed by atoms with Crippen molar-refractivity contribution in [3.63, 3.8) is 0 Å². The fourth-order valence-electron chi connectivity index (χ4n) is 6.93. The summed E-state index contributed by atoms with van der Waals surface area (Å²) in [4.78, 5) is 16.4. The third kappa shape index (κ3) is 5.52. The van der Waals surface area contributed by atoms with Gasteiger partial charge in [-0.3, -0.25) is 4.90 Å². The number of nitrogens with one attached hydrogen (secondary N) is 2. The summed E-state index contributed by atoms with van der Waals surface area (Å²) in [5.74, 6) is -0.790. The quantitative estimate of drug-likeness (QED) is 0.356. The molecule has 2 saturated heterocycles. The lowest BCUT2D eigenvalue weighted by molar-refractivity contribution is -0.0101. The molecule has 0 spiro atoms. The van der Waals surface area contributed by atoms with Crippen LogP contribution in [0.1, 0.15) is 63.0 Å². The molecule has 44 heavy (non-hydrogen) atoms. The fourth-order valence-corrected chi connectivity index (χ4v) is 6.93. The SMILES string of the molecule is Cc1cc(N)c(F)c(-c2nc3c4c(nc(OCC5CC[C@H]6COCCN56)nc4c2F)NCC(C)NCC[C@H](C)O3)c1C1CC1. The Hall–Kier alpha value is -3.35. The summed E-state index contributed by atoms with van der Waals surface area (Å²) in [5, 5.41) is 7.14. The minimum atomic E-state index is -0.753. The molecular weight excluding hydrogens is 568 g/mol. The molecule has 10 nitrogen and oxygen atoms in total. The van der Waals surface area contributed by atoms with Crippen LogP contribution < -0.4 is 25.8 Å². The Bertz CT molecular complexity index is 1570. The lowest BCUT2D eigenvalue weighted by Crippen LogP contribution is -2.46. The number of anilines is 2. The zero-order chi connectivity index (χ0) is 30.5. The van der Waals surface area contributed by atoms with Gasteiger partial charge in [-0.15, -0.1) is 0 Å². The van der Waals surface area contributed by atoms with E-state index in [0.717, 1.165) is 56.5 Å². The van der Waals surface area contributed by atoms with Crippen molar-refractivity contribution >= 4 is 22.4 Å². The van der Waals surface area contributed by atoms with E-state index in [2.05, 4.69) is 32.4 Å². The minimum Gasteiger partial charge on any atom is -0.474 e. The number of hydrogen-bond donors (Lipinski definition) is 3. The Labute approximate surface area is 256 Å². The molecule has 5 heterocycles. The topological polar surface area (TPSA) is 120 Å². The molecule has 236 valence electrons. The van der Waals surface area contributed by atoms with E-state index < -0.39 is 11.6 Å². The fraction of sp³-hybridized carbons (Fsp3) is 0.594. The van der Waals surface area contributed by atoms with Crippen molar-refractivity contribution in [3.8, 4) is 23.1 Å². The summed E-state index contributed by atoms with van der Waals surface area (Å²) in [6.45, 7) is 9.78. The summed E-state index contributed by atoms with van der Waals surface area (Å²) < 4.78 is 51.0. The number of aromatic nitrogens is 3. The summed E-state index contributed by atoms with van der Waals surface area (Å²) in [7, 11) is 0. The number of nitrogens with zero attached hydrogens (tertiary/aromatic N) is 4. The van der Waals surface area contributed by atoms with Gasteiger partial charge in [0.25, 0.3) is 0 Å². The number of halogens is 2. The maximum Gasteiger partial charge on any atom is 0.319 e. The standard InChI is InChI=1S/C32H41F2N7O3/c1-16-12-22(35)26(33)24(23(16)19-4-5-19)28-27(34)29-25-30(37-13-17(2)36-9-8-18(3)44-31(25)38-28)40-32(39-29)43-15-21-7-6-20-14-42-11-10-41(20)21/h12,17-21,36H,4-11,13-15,35H2,1-3H3,(H,37,39,40)/t17?,18-,20-,21?/m0/s1. The van der Waals surface area contributed by atoms with Gasteiger partial charge in [-0.2, -0.15) is 9.97 Å². The molecule has 3 fully saturated rings. The van der Waals surface area contributed by atoms with Crippen LogP contribution in [0.2, 0.25) is 0 Å². The molecule has 3 aromatic rings. The van der Waals surface area contributed by atoms with Gasteiger partial charge in [0, 0.05) is 36.8 Å². The van der Waals surface area contributed by atoms with Gasteiger partial charge in [-0.25, -0.2) is 13.8 Å². The number of benzene rings is 1. The molecule has 1 aromatic carbocycles. The number of ether oxygens (including phenoxy) is 3. The molecule has 4 N–H and O–H groups in total. The average Bonchev–Trinajstić information content (AvgIpc) is 3.76. The van der Waals surface area contributed by atoms with Gasteiger partial charge in [-0.05, 0) is 82.5 Å². The van der Waals surface area contributed by atoms with Crippen LogP contribution in [0.25, 0.3) is 22.2 Å². The summed E-state index contributed by atoms with van der Waals surface area (Å²) in [6.07, 6.45) is 4.26. The molecule has 12 heteroatoms. The molecule has 4 atom stereocenters. The van der Waals surface area contributed by atoms with E-state index >= 15 is 8.78 Å². The number of nitrogen functional groups attached to an aromatic ring is 1. The van der Waals surface area contributed by atoms with E-state index in [1.54, 1.807) is 6.07 Å². The van der Waals surface area contributed by atoms with Crippen molar-refractivity contribution in [2.24, 2.45) is 0 Å². The third-order valence-electron chi connectivity index (χ3n) is 9.41. The van der Waals surface area contributed by atoms with E-state index in [0.29, 0.717) is 43.4 Å². The molecule has 3 aliphatic heterocycles. The van der Waals surface area contributed by atoms with Gasteiger partial charge < -0.3 is 30.6 Å². The lowest BCUT2D eigenvalue weighted by atomic mass is 9.93. The molecule has 2 unspecified atom stereocenters. The number of nitrogens with two attached hydrogens (primary N) is 1. The van der Waals surface area contributed by atoms with Crippen LogP contribution in [0.4, 0.5) is 20.3 Å². The van der Waals surface area contributed by atoms with Crippen LogP contribution in [0.15, 0.2) is 6.07 Å². The number of aryl methyl sites for hydroxylation is 1. The first-order valence-corrected chi connectivity index (χ1v) is 15.9. The van der Waals surface area contributed by atoms with E-state index in [9.17, 15) is 0 Å². The number of hydrogen-bond acceptors (Lipinski definition) is 10. The molecule has 2 aromatic heterocycles. The van der Waals surface area contributed by atoms with Crippen LogP contribution in [0, 0.1) is 18.6 Å². The maximum absolute atomic E-state index is 16.9. The molecule has 7 rings (SSSR count). The molecular formula is C32H41F2N7O3. The number of rotatable bonds is 5. The normalized spacial score (nSPS) is 26.0. The van der Waals surface area contributed by atoms with Gasteiger partial charge in [0.15, 0.2) is 11.6 Å². The van der Waals surface area contributed by atoms with Crippen molar-refractivity contribution in [1.29, 1.82) is 0 Å². The first-order chi connectivity index (χ1) is 21.3. The van der Waals surface area contributed by atoms with Crippen molar-refractivity contribution in [2.75, 3.05) is 50.5 Å². The van der Waals surface area contributed by atoms with Crippen LogP contribution in [0.5, 0.6) is 11.9 Å². The highest BCUT2D eigenvalue weighted by Gasteiger charge is 2.37. The zero-order valence-corrected chi connectivity index (χ0v) is 25.6. The Morgan fingerprint density at radius 2 is 1.93 bits per heavy atom. The zero-order valence-electron chi connectivity index (χ0n) is 25.6. The van der Waals surface area contributed by atoms with E-state index in [-0.39, 0.29) is 58.5 Å². The molecule has 0 bridgehead atoms. The summed E-state index contributed by atoms with van der Waals surface area (Å²) >= 11 is 0. The summed E-state index contributed by atoms with van der Waals surface area (Å²) in [6, 6.07) is 2.36. The smallest absolute Gasteiger partial charge is 0.319 e. The van der Waals surface area contributed by atoms with E-state index in [1.165, 1.54) is 0 Å². The second kappa shape index (κ2) is 11.9. The van der Waals surface area contributed by atoms with Crippen LogP contribution in [-0.2, 0) is 4.74 Å². The van der Waals surface area contributed by atoms with Gasteiger partial charge in [0.2, 0.25) is 5.88 Å². The molecule has 0 amide bonds. The maximum atomic E-state index is 16.9. The van der Waals surface area contributed by atoms with Gasteiger partial charge in [-0.1, -0.05) is 0 Å². The number of morpholine rings is 1.